The van der Waals surface area contributed by atoms with Crippen LogP contribution < -0.4 is 10.4 Å². The van der Waals surface area contributed by atoms with Gasteiger partial charge in [0.15, 0.2) is 0 Å². The summed E-state index contributed by atoms with van der Waals surface area (Å²) in [5.74, 6) is -0.422. The average molecular weight is 375 g/mol. The summed E-state index contributed by atoms with van der Waals surface area (Å²) in [6, 6.07) is 13.1. The molecule has 3 rings (SSSR count). The van der Waals surface area contributed by atoms with Crippen molar-refractivity contribution < 1.29 is 23.5 Å². The van der Waals surface area contributed by atoms with E-state index in [4.69, 9.17) is 8.83 Å². The van der Waals surface area contributed by atoms with Crippen molar-refractivity contribution in [3.63, 3.8) is 0 Å². The molecule has 0 bridgehead atoms. The molecule has 1 amide bonds. The van der Waals surface area contributed by atoms with Gasteiger partial charge in [0.05, 0.1) is 18.8 Å². The number of nitriles is 1. The Morgan fingerprint density at radius 3 is 2.71 bits per heavy atom. The van der Waals surface area contributed by atoms with Crippen LogP contribution in [0.3, 0.4) is 0 Å². The fourth-order valence-corrected chi connectivity index (χ4v) is 2.61. The van der Waals surface area contributed by atoms with Crippen molar-refractivity contribution in [1.29, 1.82) is 5.26 Å². The third-order valence-electron chi connectivity index (χ3n) is 4.01. The van der Waals surface area contributed by atoms with Gasteiger partial charge in [0.1, 0.15) is 28.9 Å². The summed E-state index contributed by atoms with van der Waals surface area (Å²) in [5.41, 5.74) is 1.36. The van der Waals surface area contributed by atoms with Crippen molar-refractivity contribution in [3.05, 3.63) is 76.9 Å². The molecule has 0 atom stereocenters. The summed E-state index contributed by atoms with van der Waals surface area (Å²) in [5, 5.41) is 22.8. The van der Waals surface area contributed by atoms with Gasteiger partial charge in [-0.15, -0.1) is 0 Å². The van der Waals surface area contributed by atoms with E-state index in [1.807, 2.05) is 6.07 Å². The minimum absolute atomic E-state index is 0.0768. The van der Waals surface area contributed by atoms with Crippen LogP contribution in [0.4, 0.5) is 0 Å². The summed E-state index contributed by atoms with van der Waals surface area (Å²) in [6.45, 7) is 1.92. The number of furan rings is 2. The molecule has 0 aliphatic carbocycles. The smallest absolute Gasteiger partial charge is 0.262 e. The first-order chi connectivity index (χ1) is 13.5. The van der Waals surface area contributed by atoms with Gasteiger partial charge in [-0.1, -0.05) is 12.1 Å². The maximum Gasteiger partial charge on any atom is 0.262 e. The standard InChI is InChI=1S/C21H16N2O5/c1-13-9-14(21(25)26)4-6-18(13)19-7-5-16(28-19)10-15(11-22)20(24)23-12-17-3-2-8-27-17/h2-10H,12H2,1H3,(H,23,24)(H,25,26)/p-1/b15-10-. The minimum atomic E-state index is -1.25. The molecule has 0 aliphatic heterocycles. The van der Waals surface area contributed by atoms with Crippen molar-refractivity contribution in [2.75, 3.05) is 0 Å². The van der Waals surface area contributed by atoms with Crippen LogP contribution in [-0.4, -0.2) is 11.9 Å². The second-order valence-corrected chi connectivity index (χ2v) is 5.95. The SMILES string of the molecule is Cc1cc(C(=O)[O-])ccc1-c1ccc(/C=C(/C#N)C(=O)NCc2ccco2)o1. The second kappa shape index (κ2) is 8.10. The number of hydrogen-bond donors (Lipinski definition) is 1. The average Bonchev–Trinajstić information content (AvgIpc) is 3.36. The van der Waals surface area contributed by atoms with Crippen molar-refractivity contribution in [3.8, 4) is 17.4 Å². The molecule has 0 aliphatic rings. The molecule has 28 heavy (non-hydrogen) atoms. The maximum absolute atomic E-state index is 12.2. The van der Waals surface area contributed by atoms with E-state index in [-0.39, 0.29) is 17.7 Å². The van der Waals surface area contributed by atoms with E-state index in [1.165, 1.54) is 24.5 Å². The molecule has 3 aromatic rings. The Morgan fingerprint density at radius 1 is 1.25 bits per heavy atom. The third-order valence-corrected chi connectivity index (χ3v) is 4.01. The Labute approximate surface area is 160 Å². The number of aryl methyl sites for hydroxylation is 1. The van der Waals surface area contributed by atoms with Gasteiger partial charge >= 0.3 is 0 Å². The molecule has 2 heterocycles. The Bertz CT molecular complexity index is 1080. The van der Waals surface area contributed by atoms with Gasteiger partial charge in [0, 0.05) is 11.6 Å². The minimum Gasteiger partial charge on any atom is -0.545 e. The van der Waals surface area contributed by atoms with Gasteiger partial charge in [0.25, 0.3) is 5.91 Å². The molecule has 0 saturated heterocycles. The molecule has 1 aromatic carbocycles. The monoisotopic (exact) mass is 375 g/mol. The van der Waals surface area contributed by atoms with Gasteiger partial charge in [-0.2, -0.15) is 5.26 Å². The Balaban J connectivity index is 1.77. The van der Waals surface area contributed by atoms with Crippen LogP contribution in [0.15, 0.2) is 63.1 Å². The number of carbonyl (C=O) groups excluding carboxylic acids is 2. The summed E-state index contributed by atoms with van der Waals surface area (Å²) < 4.78 is 10.8. The number of benzene rings is 1. The van der Waals surface area contributed by atoms with Crippen LogP contribution in [0.5, 0.6) is 0 Å². The van der Waals surface area contributed by atoms with E-state index in [9.17, 15) is 20.0 Å². The number of carboxylic acids is 1. The van der Waals surface area contributed by atoms with Crippen LogP contribution in [0, 0.1) is 18.3 Å². The molecule has 0 fully saturated rings. The maximum atomic E-state index is 12.2. The van der Waals surface area contributed by atoms with E-state index in [2.05, 4.69) is 5.32 Å². The summed E-state index contributed by atoms with van der Waals surface area (Å²) in [4.78, 5) is 23.1. The van der Waals surface area contributed by atoms with Crippen molar-refractivity contribution in [1.82, 2.24) is 5.32 Å². The van der Waals surface area contributed by atoms with Crippen LogP contribution in [0.2, 0.25) is 0 Å². The fraction of sp³-hybridized carbons (Fsp3) is 0.0952. The van der Waals surface area contributed by atoms with Crippen molar-refractivity contribution in [2.45, 2.75) is 13.5 Å². The highest BCUT2D eigenvalue weighted by molar-refractivity contribution is 6.01. The summed E-state index contributed by atoms with van der Waals surface area (Å²) >= 11 is 0. The molecule has 0 unspecified atom stereocenters. The van der Waals surface area contributed by atoms with E-state index in [0.29, 0.717) is 28.4 Å². The molecular formula is C21H15N2O5-. The van der Waals surface area contributed by atoms with E-state index >= 15 is 0 Å². The highest BCUT2D eigenvalue weighted by Gasteiger charge is 2.12. The quantitative estimate of drug-likeness (QED) is 0.522. The molecule has 2 aromatic heterocycles. The lowest BCUT2D eigenvalue weighted by atomic mass is 10.0. The fourth-order valence-electron chi connectivity index (χ4n) is 2.61. The predicted octanol–water partition coefficient (Wildman–Crippen LogP) is 2.43. The Morgan fingerprint density at radius 2 is 2.07 bits per heavy atom. The third kappa shape index (κ3) is 4.19. The molecule has 1 N–H and O–H groups in total. The Hall–Kier alpha value is -4.05. The largest absolute Gasteiger partial charge is 0.545 e. The van der Waals surface area contributed by atoms with Crippen molar-refractivity contribution in [2.24, 2.45) is 0 Å². The van der Waals surface area contributed by atoms with Crippen LogP contribution in [0.25, 0.3) is 17.4 Å². The molecular weight excluding hydrogens is 360 g/mol. The molecule has 7 nitrogen and oxygen atoms in total. The van der Waals surface area contributed by atoms with Crippen LogP contribution >= 0.6 is 0 Å². The van der Waals surface area contributed by atoms with Gasteiger partial charge < -0.3 is 24.1 Å². The van der Waals surface area contributed by atoms with Gasteiger partial charge in [-0.3, -0.25) is 4.79 Å². The molecule has 0 spiro atoms. The lowest BCUT2D eigenvalue weighted by Gasteiger charge is -2.07. The van der Waals surface area contributed by atoms with Crippen LogP contribution in [0.1, 0.15) is 27.4 Å². The van der Waals surface area contributed by atoms with E-state index in [0.717, 1.165) is 0 Å². The molecule has 7 heteroatoms. The van der Waals surface area contributed by atoms with Crippen LogP contribution in [-0.2, 0) is 11.3 Å². The molecule has 140 valence electrons. The lowest BCUT2D eigenvalue weighted by molar-refractivity contribution is -0.255. The van der Waals surface area contributed by atoms with E-state index in [1.54, 1.807) is 37.3 Å². The van der Waals surface area contributed by atoms with Gasteiger partial charge in [-0.05, 0) is 48.4 Å². The Kier molecular flexibility index (Phi) is 5.42. The molecule has 0 saturated carbocycles. The number of amides is 1. The summed E-state index contributed by atoms with van der Waals surface area (Å²) in [7, 11) is 0. The zero-order chi connectivity index (χ0) is 20.1. The number of rotatable bonds is 6. The van der Waals surface area contributed by atoms with Gasteiger partial charge in [0.2, 0.25) is 0 Å². The lowest BCUT2D eigenvalue weighted by Crippen LogP contribution is -2.23. The highest BCUT2D eigenvalue weighted by Crippen LogP contribution is 2.27. The zero-order valence-corrected chi connectivity index (χ0v) is 14.9. The number of nitrogens with zero attached hydrogens (tertiary/aromatic N) is 1. The van der Waals surface area contributed by atoms with Crippen molar-refractivity contribution >= 4 is 18.0 Å². The number of carbonyl (C=O) groups is 2. The normalized spacial score (nSPS) is 11.1. The first-order valence-corrected chi connectivity index (χ1v) is 8.32. The van der Waals surface area contributed by atoms with E-state index < -0.39 is 11.9 Å². The number of carboxylic acid groups (broad SMARTS) is 1. The molecule has 0 radical (unpaired) electrons. The predicted molar refractivity (Wildman–Crippen MR) is 97.4 cm³/mol. The topological polar surface area (TPSA) is 119 Å². The number of aromatic carboxylic acids is 1. The van der Waals surface area contributed by atoms with Gasteiger partial charge in [-0.25, -0.2) is 0 Å². The zero-order valence-electron chi connectivity index (χ0n) is 14.9. The first kappa shape index (κ1) is 18.7. The first-order valence-electron chi connectivity index (χ1n) is 8.32. The second-order valence-electron chi connectivity index (χ2n) is 5.95. The number of hydrogen-bond acceptors (Lipinski definition) is 6. The summed E-state index contributed by atoms with van der Waals surface area (Å²) in [6.07, 6.45) is 2.83. The highest BCUT2D eigenvalue weighted by atomic mass is 16.4. The number of nitrogens with one attached hydrogen (secondary N) is 1.